The highest BCUT2D eigenvalue weighted by Gasteiger charge is 2.62. The van der Waals surface area contributed by atoms with Gasteiger partial charge in [-0.1, -0.05) is 6.07 Å². The molecule has 1 aromatic rings. The average molecular weight is 345 g/mol. The number of piperidine rings is 1. The number of ether oxygens (including phenoxy) is 4. The smallest absolute Gasteiger partial charge is 0.210 e. The predicted molar refractivity (Wildman–Crippen MR) is 93.3 cm³/mol. The fraction of sp³-hybridized carbons (Fsp3) is 0.700. The number of methoxy groups -OCH3 is 1. The second-order valence-corrected chi connectivity index (χ2v) is 7.86. The molecular weight excluding hydrogens is 318 g/mol. The minimum absolute atomic E-state index is 0.0602. The second kappa shape index (κ2) is 5.86. The first kappa shape index (κ1) is 15.9. The zero-order valence-corrected chi connectivity index (χ0v) is 15.1. The fourth-order valence-electron chi connectivity index (χ4n) is 5.68. The molecule has 2 fully saturated rings. The van der Waals surface area contributed by atoms with E-state index < -0.39 is 0 Å². The molecule has 3 heterocycles. The SMILES string of the molecule is COc1ccc2c3c1O[C@H]1OCCCOCCC4[C@@H](C2)N(C)CC[C@@]341. The van der Waals surface area contributed by atoms with Crippen LogP contribution in [0.5, 0.6) is 11.5 Å². The second-order valence-electron chi connectivity index (χ2n) is 7.86. The summed E-state index contributed by atoms with van der Waals surface area (Å²) < 4.78 is 24.3. The zero-order valence-electron chi connectivity index (χ0n) is 15.1. The first-order valence-electron chi connectivity index (χ1n) is 9.52. The molecule has 1 aromatic carbocycles. The van der Waals surface area contributed by atoms with E-state index in [1.807, 2.05) is 0 Å². The molecule has 2 saturated heterocycles. The van der Waals surface area contributed by atoms with E-state index in [1.165, 1.54) is 11.1 Å². The largest absolute Gasteiger partial charge is 0.493 e. The topological polar surface area (TPSA) is 40.2 Å². The maximum absolute atomic E-state index is 6.46. The molecule has 2 bridgehead atoms. The highest BCUT2D eigenvalue weighted by molar-refractivity contribution is 5.60. The van der Waals surface area contributed by atoms with Crippen LogP contribution in [-0.4, -0.2) is 57.8 Å². The van der Waals surface area contributed by atoms with E-state index in [4.69, 9.17) is 18.9 Å². The maximum Gasteiger partial charge on any atom is 0.210 e. The number of nitrogens with zero attached hydrogens (tertiary/aromatic N) is 1. The van der Waals surface area contributed by atoms with Crippen LogP contribution < -0.4 is 9.47 Å². The van der Waals surface area contributed by atoms with Crippen molar-refractivity contribution in [1.29, 1.82) is 0 Å². The lowest BCUT2D eigenvalue weighted by atomic mass is 9.56. The first-order chi connectivity index (χ1) is 12.3. The van der Waals surface area contributed by atoms with Crippen molar-refractivity contribution >= 4 is 0 Å². The summed E-state index contributed by atoms with van der Waals surface area (Å²) >= 11 is 0. The maximum atomic E-state index is 6.46. The van der Waals surface area contributed by atoms with Crippen molar-refractivity contribution in [2.45, 2.75) is 43.4 Å². The summed E-state index contributed by atoms with van der Waals surface area (Å²) in [4.78, 5) is 2.53. The van der Waals surface area contributed by atoms with Crippen LogP contribution in [0.2, 0.25) is 0 Å². The van der Waals surface area contributed by atoms with Crippen molar-refractivity contribution in [1.82, 2.24) is 4.90 Å². The number of rotatable bonds is 1. The molecule has 1 spiro atoms. The third-order valence-electron chi connectivity index (χ3n) is 6.81. The summed E-state index contributed by atoms with van der Waals surface area (Å²) in [6, 6.07) is 4.82. The van der Waals surface area contributed by atoms with Crippen molar-refractivity contribution in [3.8, 4) is 11.5 Å². The van der Waals surface area contributed by atoms with Gasteiger partial charge in [-0.05, 0) is 56.8 Å². The van der Waals surface area contributed by atoms with Gasteiger partial charge in [0, 0.05) is 24.8 Å². The Kier molecular flexibility index (Phi) is 3.73. The Morgan fingerprint density at radius 1 is 1.24 bits per heavy atom. The minimum atomic E-state index is -0.197. The Morgan fingerprint density at radius 2 is 2.16 bits per heavy atom. The van der Waals surface area contributed by atoms with Gasteiger partial charge in [0.2, 0.25) is 6.29 Å². The standard InChI is InChI=1S/C20H27NO4/c1-21-8-7-20-14-6-11-23-9-3-10-24-19(20)25-18-16(22-2)5-4-13(17(18)20)12-15(14)21/h4-5,14-15,19H,3,6-12H2,1-2H3/t14?,15-,19-,20+/m1/s1. The third kappa shape index (κ3) is 2.12. The average Bonchev–Trinajstić information content (AvgIpc) is 2.95. The molecule has 1 unspecified atom stereocenters. The summed E-state index contributed by atoms with van der Waals surface area (Å²) in [5, 5.41) is 0. The van der Waals surface area contributed by atoms with Crippen molar-refractivity contribution in [2.75, 3.05) is 40.5 Å². The Morgan fingerprint density at radius 3 is 3.04 bits per heavy atom. The molecule has 5 nitrogen and oxygen atoms in total. The number of hydrogen-bond donors (Lipinski definition) is 0. The lowest BCUT2D eigenvalue weighted by molar-refractivity contribution is -0.161. The molecule has 4 atom stereocenters. The van der Waals surface area contributed by atoms with Gasteiger partial charge in [0.05, 0.1) is 19.1 Å². The van der Waals surface area contributed by atoms with Crippen LogP contribution in [0.25, 0.3) is 0 Å². The molecule has 3 aliphatic heterocycles. The van der Waals surface area contributed by atoms with Crippen LogP contribution in [0.4, 0.5) is 0 Å². The van der Waals surface area contributed by atoms with Gasteiger partial charge in [0.15, 0.2) is 11.5 Å². The Bertz CT molecular complexity index is 678. The summed E-state index contributed by atoms with van der Waals surface area (Å²) in [7, 11) is 3.99. The number of likely N-dealkylation sites (tertiary alicyclic amines) is 1. The van der Waals surface area contributed by atoms with E-state index in [2.05, 4.69) is 24.1 Å². The van der Waals surface area contributed by atoms with E-state index >= 15 is 0 Å². The van der Waals surface area contributed by atoms with Gasteiger partial charge >= 0.3 is 0 Å². The molecule has 5 heteroatoms. The third-order valence-corrected chi connectivity index (χ3v) is 6.81. The van der Waals surface area contributed by atoms with Crippen LogP contribution in [0.15, 0.2) is 12.1 Å². The van der Waals surface area contributed by atoms with Gasteiger partial charge in [-0.2, -0.15) is 0 Å². The highest BCUT2D eigenvalue weighted by Crippen LogP contribution is 2.61. The van der Waals surface area contributed by atoms with E-state index in [1.54, 1.807) is 7.11 Å². The molecule has 0 amide bonds. The summed E-state index contributed by atoms with van der Waals surface area (Å²) in [6.45, 7) is 3.37. The normalized spacial score (nSPS) is 37.1. The molecule has 0 saturated carbocycles. The van der Waals surface area contributed by atoms with Gasteiger partial charge in [-0.25, -0.2) is 0 Å². The van der Waals surface area contributed by atoms with Crippen molar-refractivity contribution < 1.29 is 18.9 Å². The quantitative estimate of drug-likeness (QED) is 0.781. The van der Waals surface area contributed by atoms with E-state index in [0.29, 0.717) is 18.6 Å². The van der Waals surface area contributed by atoms with Crippen LogP contribution >= 0.6 is 0 Å². The molecule has 0 aromatic heterocycles. The molecule has 136 valence electrons. The molecule has 0 radical (unpaired) electrons. The minimum Gasteiger partial charge on any atom is -0.493 e. The van der Waals surface area contributed by atoms with E-state index in [9.17, 15) is 0 Å². The lowest BCUT2D eigenvalue weighted by Gasteiger charge is -2.55. The van der Waals surface area contributed by atoms with Gasteiger partial charge in [-0.15, -0.1) is 0 Å². The summed E-state index contributed by atoms with van der Waals surface area (Å²) in [5.74, 6) is 2.26. The van der Waals surface area contributed by atoms with Gasteiger partial charge in [-0.3, -0.25) is 0 Å². The number of likely N-dealkylation sites (N-methyl/N-ethyl adjacent to an activating group) is 1. The van der Waals surface area contributed by atoms with Crippen LogP contribution in [0.1, 0.15) is 30.4 Å². The van der Waals surface area contributed by atoms with Gasteiger partial charge in [0.1, 0.15) is 0 Å². The van der Waals surface area contributed by atoms with Crippen LogP contribution in [-0.2, 0) is 21.3 Å². The van der Waals surface area contributed by atoms with Crippen LogP contribution in [0.3, 0.4) is 0 Å². The molecule has 4 aliphatic rings. The van der Waals surface area contributed by atoms with Gasteiger partial charge in [0.25, 0.3) is 0 Å². The van der Waals surface area contributed by atoms with Gasteiger partial charge < -0.3 is 23.8 Å². The lowest BCUT2D eigenvalue weighted by Crippen LogP contribution is -2.62. The predicted octanol–water partition coefficient (Wildman–Crippen LogP) is 2.35. The molecule has 5 rings (SSSR count). The van der Waals surface area contributed by atoms with Crippen molar-refractivity contribution in [3.05, 3.63) is 23.3 Å². The molecule has 0 N–H and O–H groups in total. The number of benzene rings is 1. The fourth-order valence-corrected chi connectivity index (χ4v) is 5.68. The Hall–Kier alpha value is -1.30. The number of hydrogen-bond acceptors (Lipinski definition) is 5. The van der Waals surface area contributed by atoms with Crippen molar-refractivity contribution in [3.63, 3.8) is 0 Å². The molecule has 25 heavy (non-hydrogen) atoms. The van der Waals surface area contributed by atoms with E-state index in [-0.39, 0.29) is 11.7 Å². The molecular formula is C20H27NO4. The van der Waals surface area contributed by atoms with Crippen LogP contribution in [0, 0.1) is 5.92 Å². The monoisotopic (exact) mass is 345 g/mol. The Labute approximate surface area is 149 Å². The Balaban J connectivity index is 1.70. The first-order valence-corrected chi connectivity index (χ1v) is 9.52. The zero-order chi connectivity index (χ0) is 17.0. The summed E-state index contributed by atoms with van der Waals surface area (Å²) in [6.07, 6.45) is 3.93. The van der Waals surface area contributed by atoms with Crippen molar-refractivity contribution in [2.24, 2.45) is 5.92 Å². The highest BCUT2D eigenvalue weighted by atomic mass is 16.7. The summed E-state index contributed by atoms with van der Waals surface area (Å²) in [5.41, 5.74) is 2.72. The van der Waals surface area contributed by atoms with E-state index in [0.717, 1.165) is 56.9 Å². The molecule has 1 aliphatic carbocycles.